The first-order chi connectivity index (χ1) is 13.0. The smallest absolute Gasteiger partial charge is 0.308 e. The number of benzene rings is 2. The molecular weight excluding hydrogens is 367 g/mol. The Bertz CT molecular complexity index is 1060. The summed E-state index contributed by atoms with van der Waals surface area (Å²) < 4.78 is 20.3. The van der Waals surface area contributed by atoms with Crippen LogP contribution in [0.5, 0.6) is 5.75 Å². The van der Waals surface area contributed by atoms with Gasteiger partial charge in [-0.2, -0.15) is 0 Å². The molecule has 1 amide bonds. The maximum absolute atomic E-state index is 13.3. The summed E-state index contributed by atoms with van der Waals surface area (Å²) in [5.41, 5.74) is 2.07. The lowest BCUT2D eigenvalue weighted by molar-refractivity contribution is -0.119. The molecule has 1 aromatic heterocycles. The van der Waals surface area contributed by atoms with Crippen molar-refractivity contribution in [2.45, 2.75) is 13.5 Å². The van der Waals surface area contributed by atoms with Gasteiger partial charge in [0.1, 0.15) is 24.7 Å². The largest absolute Gasteiger partial charge is 0.490 e. The molecule has 2 heterocycles. The van der Waals surface area contributed by atoms with Crippen LogP contribution in [-0.2, 0) is 11.3 Å². The molecule has 5 nitrogen and oxygen atoms in total. The number of hydrogen-bond donors (Lipinski definition) is 0. The van der Waals surface area contributed by atoms with Gasteiger partial charge in [-0.25, -0.2) is 4.39 Å². The molecule has 0 spiro atoms. The lowest BCUT2D eigenvalue weighted by Crippen LogP contribution is -2.41. The van der Waals surface area contributed by atoms with Crippen LogP contribution in [-0.4, -0.2) is 23.6 Å². The number of fused-ring (bicyclic) bond motifs is 1. The molecule has 7 heteroatoms. The average molecular weight is 384 g/mol. The van der Waals surface area contributed by atoms with Gasteiger partial charge in [0, 0.05) is 4.88 Å². The van der Waals surface area contributed by atoms with Gasteiger partial charge < -0.3 is 9.64 Å². The molecule has 0 bridgehead atoms. The number of carbonyl (C=O) groups excluding carboxylic acids is 1. The van der Waals surface area contributed by atoms with Crippen molar-refractivity contribution >= 4 is 22.9 Å². The molecule has 2 aromatic carbocycles. The zero-order chi connectivity index (χ0) is 19.0. The molecule has 0 radical (unpaired) electrons. The van der Waals surface area contributed by atoms with Gasteiger partial charge in [0.15, 0.2) is 0 Å². The maximum Gasteiger partial charge on any atom is 0.308 e. The van der Waals surface area contributed by atoms with Crippen molar-refractivity contribution in [3.63, 3.8) is 0 Å². The Morgan fingerprint density at radius 3 is 2.70 bits per heavy atom. The van der Waals surface area contributed by atoms with Crippen LogP contribution in [0.1, 0.15) is 4.88 Å². The van der Waals surface area contributed by atoms with E-state index in [-0.39, 0.29) is 23.1 Å². The van der Waals surface area contributed by atoms with Crippen molar-refractivity contribution in [2.75, 3.05) is 18.1 Å². The molecule has 3 aromatic rings. The number of para-hydroxylation sites is 2. The molecule has 0 unspecified atom stereocenters. The predicted octanol–water partition coefficient (Wildman–Crippen LogP) is 3.45. The number of aryl methyl sites for hydroxylation is 1. The van der Waals surface area contributed by atoms with Gasteiger partial charge in [-0.3, -0.25) is 14.2 Å². The van der Waals surface area contributed by atoms with Gasteiger partial charge in [-0.15, -0.1) is 0 Å². The number of rotatable bonds is 3. The Hall–Kier alpha value is -2.93. The lowest BCUT2D eigenvalue weighted by atomic mass is 10.1. The molecule has 1 aliphatic rings. The zero-order valence-electron chi connectivity index (χ0n) is 14.6. The molecule has 1 aliphatic heterocycles. The van der Waals surface area contributed by atoms with E-state index in [1.54, 1.807) is 17.0 Å². The minimum absolute atomic E-state index is 0.0791. The molecule has 0 saturated heterocycles. The molecule has 4 rings (SSSR count). The molecule has 0 atom stereocenters. The number of halogens is 1. The van der Waals surface area contributed by atoms with E-state index in [1.807, 2.05) is 31.2 Å². The van der Waals surface area contributed by atoms with E-state index in [9.17, 15) is 14.0 Å². The minimum Gasteiger partial charge on any atom is -0.490 e. The highest BCUT2D eigenvalue weighted by Crippen LogP contribution is 2.31. The highest BCUT2D eigenvalue weighted by molar-refractivity contribution is 7.09. The Balaban J connectivity index is 1.69. The Labute approximate surface area is 159 Å². The molecule has 0 saturated carbocycles. The van der Waals surface area contributed by atoms with Crippen LogP contribution in [0.25, 0.3) is 11.3 Å². The number of thiazole rings is 1. The summed E-state index contributed by atoms with van der Waals surface area (Å²) in [5, 5.41) is 0. The van der Waals surface area contributed by atoms with E-state index in [0.717, 1.165) is 16.2 Å². The van der Waals surface area contributed by atoms with Crippen LogP contribution in [0.2, 0.25) is 0 Å². The van der Waals surface area contributed by atoms with E-state index < -0.39 is 0 Å². The SMILES string of the molecule is Cc1sc(=O)n(CC(=O)N2CCOc3ccccc32)c1-c1ccc(F)cc1. The Morgan fingerprint density at radius 2 is 1.93 bits per heavy atom. The van der Waals surface area contributed by atoms with Crippen molar-refractivity contribution in [1.29, 1.82) is 0 Å². The van der Waals surface area contributed by atoms with Crippen LogP contribution < -0.4 is 14.5 Å². The first kappa shape index (κ1) is 17.5. The highest BCUT2D eigenvalue weighted by Gasteiger charge is 2.25. The number of aromatic nitrogens is 1. The first-order valence-electron chi connectivity index (χ1n) is 8.53. The summed E-state index contributed by atoms with van der Waals surface area (Å²) in [4.78, 5) is 27.7. The quantitative estimate of drug-likeness (QED) is 0.695. The van der Waals surface area contributed by atoms with E-state index in [2.05, 4.69) is 0 Å². The minimum atomic E-state index is -0.346. The second kappa shape index (κ2) is 7.00. The predicted molar refractivity (Wildman–Crippen MR) is 103 cm³/mol. The third-order valence-electron chi connectivity index (χ3n) is 4.50. The number of ether oxygens (including phenoxy) is 1. The fourth-order valence-electron chi connectivity index (χ4n) is 3.28. The topological polar surface area (TPSA) is 51.5 Å². The van der Waals surface area contributed by atoms with Gasteiger partial charge in [0.05, 0.1) is 17.9 Å². The van der Waals surface area contributed by atoms with E-state index in [0.29, 0.717) is 35.8 Å². The molecule has 138 valence electrons. The molecule has 0 fully saturated rings. The first-order valence-corrected chi connectivity index (χ1v) is 9.34. The summed E-state index contributed by atoms with van der Waals surface area (Å²) in [6, 6.07) is 13.3. The highest BCUT2D eigenvalue weighted by atomic mass is 32.1. The normalized spacial score (nSPS) is 13.2. The van der Waals surface area contributed by atoms with Crippen LogP contribution in [0.4, 0.5) is 10.1 Å². The number of hydrogen-bond acceptors (Lipinski definition) is 4. The van der Waals surface area contributed by atoms with Gasteiger partial charge in [0.25, 0.3) is 0 Å². The Morgan fingerprint density at radius 1 is 1.19 bits per heavy atom. The monoisotopic (exact) mass is 384 g/mol. The average Bonchev–Trinajstić information content (AvgIpc) is 2.95. The fourth-order valence-corrected chi connectivity index (χ4v) is 4.13. The van der Waals surface area contributed by atoms with Crippen LogP contribution >= 0.6 is 11.3 Å². The second-order valence-electron chi connectivity index (χ2n) is 6.23. The number of nitrogens with zero attached hydrogens (tertiary/aromatic N) is 2. The van der Waals surface area contributed by atoms with E-state index in [4.69, 9.17) is 4.74 Å². The van der Waals surface area contributed by atoms with Gasteiger partial charge in [-0.1, -0.05) is 23.5 Å². The summed E-state index contributed by atoms with van der Waals surface area (Å²) in [7, 11) is 0. The van der Waals surface area contributed by atoms with Crippen molar-refractivity contribution in [2.24, 2.45) is 0 Å². The van der Waals surface area contributed by atoms with Gasteiger partial charge in [0.2, 0.25) is 5.91 Å². The van der Waals surface area contributed by atoms with E-state index >= 15 is 0 Å². The number of anilines is 1. The van der Waals surface area contributed by atoms with Gasteiger partial charge >= 0.3 is 4.87 Å². The van der Waals surface area contributed by atoms with Crippen LogP contribution in [0, 0.1) is 12.7 Å². The van der Waals surface area contributed by atoms with Crippen LogP contribution in [0.3, 0.4) is 0 Å². The molecule has 0 N–H and O–H groups in total. The summed E-state index contributed by atoms with van der Waals surface area (Å²) >= 11 is 1.09. The summed E-state index contributed by atoms with van der Waals surface area (Å²) in [6.07, 6.45) is 0. The molecular formula is C20H17FN2O3S. The van der Waals surface area contributed by atoms with Crippen molar-refractivity contribution in [1.82, 2.24) is 4.57 Å². The van der Waals surface area contributed by atoms with Gasteiger partial charge in [-0.05, 0) is 48.9 Å². The van der Waals surface area contributed by atoms with Crippen LogP contribution in [0.15, 0.2) is 53.3 Å². The Kier molecular flexibility index (Phi) is 4.53. The molecule has 0 aliphatic carbocycles. The molecule has 27 heavy (non-hydrogen) atoms. The summed E-state index contributed by atoms with van der Waals surface area (Å²) in [5.74, 6) is 0.125. The van der Waals surface area contributed by atoms with Crippen molar-refractivity contribution in [3.8, 4) is 17.0 Å². The zero-order valence-corrected chi connectivity index (χ0v) is 15.5. The standard InChI is InChI=1S/C20H17FN2O3S/c1-13-19(14-6-8-15(21)9-7-14)23(20(25)27-13)12-18(24)22-10-11-26-17-5-3-2-4-16(17)22/h2-9H,10-12H2,1H3. The fraction of sp³-hybridized carbons (Fsp3) is 0.200. The second-order valence-corrected chi connectivity index (χ2v) is 7.39. The summed E-state index contributed by atoms with van der Waals surface area (Å²) in [6.45, 7) is 2.59. The number of carbonyl (C=O) groups is 1. The lowest BCUT2D eigenvalue weighted by Gasteiger charge is -2.29. The van der Waals surface area contributed by atoms with E-state index in [1.165, 1.54) is 16.7 Å². The third-order valence-corrected chi connectivity index (χ3v) is 5.40. The number of amides is 1. The van der Waals surface area contributed by atoms with Crippen molar-refractivity contribution < 1.29 is 13.9 Å². The third kappa shape index (κ3) is 3.26. The maximum atomic E-state index is 13.3. The van der Waals surface area contributed by atoms with Crippen molar-refractivity contribution in [3.05, 3.63) is 68.9 Å².